The lowest BCUT2D eigenvalue weighted by molar-refractivity contribution is -0.141. The van der Waals surface area contributed by atoms with Gasteiger partial charge < -0.3 is 5.32 Å². The van der Waals surface area contributed by atoms with E-state index in [0.717, 1.165) is 16.8 Å². The topological polar surface area (TPSA) is 37.8 Å². The van der Waals surface area contributed by atoms with Crippen LogP contribution in [0, 0.1) is 0 Å². The van der Waals surface area contributed by atoms with E-state index in [1.54, 1.807) is 11.3 Å². The third kappa shape index (κ3) is 4.17. The first kappa shape index (κ1) is 15.8. The van der Waals surface area contributed by atoms with Crippen LogP contribution < -0.4 is 5.32 Å². The molecule has 114 valence electrons. The first-order chi connectivity index (χ1) is 9.66. The Morgan fingerprint density at radius 1 is 1.19 bits per heavy atom. The zero-order chi connectivity index (χ0) is 15.7. The summed E-state index contributed by atoms with van der Waals surface area (Å²) in [4.78, 5) is 7.91. The Kier molecular flexibility index (Phi) is 4.22. The van der Waals surface area contributed by atoms with Crippen LogP contribution in [-0.4, -0.2) is 9.97 Å². The average Bonchev–Trinajstić information content (AvgIpc) is 2.84. The van der Waals surface area contributed by atoms with Crippen LogP contribution in [0.15, 0.2) is 23.7 Å². The minimum absolute atomic E-state index is 0.00116. The molecule has 0 radical (unpaired) electrons. The van der Waals surface area contributed by atoms with Crippen molar-refractivity contribution in [2.75, 3.05) is 5.32 Å². The van der Waals surface area contributed by atoms with Gasteiger partial charge in [-0.2, -0.15) is 13.2 Å². The highest BCUT2D eigenvalue weighted by molar-refractivity contribution is 7.09. The van der Waals surface area contributed by atoms with Gasteiger partial charge in [-0.25, -0.2) is 9.97 Å². The van der Waals surface area contributed by atoms with Gasteiger partial charge in [0.05, 0.1) is 29.1 Å². The lowest BCUT2D eigenvalue weighted by Gasteiger charge is -2.13. The molecule has 2 heterocycles. The van der Waals surface area contributed by atoms with Crippen molar-refractivity contribution in [1.29, 1.82) is 0 Å². The van der Waals surface area contributed by atoms with Gasteiger partial charge in [0.25, 0.3) is 0 Å². The third-order valence-corrected chi connectivity index (χ3v) is 4.04. The Morgan fingerprint density at radius 2 is 1.90 bits per heavy atom. The number of hydrogen-bond donors (Lipinski definition) is 1. The highest BCUT2D eigenvalue weighted by Crippen LogP contribution is 2.28. The monoisotopic (exact) mass is 315 g/mol. The highest BCUT2D eigenvalue weighted by atomic mass is 32.1. The van der Waals surface area contributed by atoms with Gasteiger partial charge in [-0.3, -0.25) is 0 Å². The quantitative estimate of drug-likeness (QED) is 0.908. The van der Waals surface area contributed by atoms with Crippen LogP contribution in [0.3, 0.4) is 0 Å². The third-order valence-electron chi connectivity index (χ3n) is 2.72. The number of anilines is 1. The molecular weight excluding hydrogens is 299 g/mol. The molecule has 0 aliphatic carbocycles. The van der Waals surface area contributed by atoms with Crippen molar-refractivity contribution in [3.05, 3.63) is 40.1 Å². The Balaban J connectivity index is 1.99. The molecule has 0 atom stereocenters. The molecular formula is C14H16F3N3S. The Hall–Kier alpha value is -1.63. The van der Waals surface area contributed by atoms with Crippen LogP contribution in [0.5, 0.6) is 0 Å². The minimum Gasteiger partial charge on any atom is -0.378 e. The molecule has 0 fully saturated rings. The molecule has 2 aromatic heterocycles. The molecule has 3 nitrogen and oxygen atoms in total. The fourth-order valence-corrected chi connectivity index (χ4v) is 2.50. The molecule has 0 saturated heterocycles. The van der Waals surface area contributed by atoms with Crippen LogP contribution in [0.25, 0.3) is 0 Å². The van der Waals surface area contributed by atoms with Crippen molar-refractivity contribution < 1.29 is 13.2 Å². The predicted octanol–water partition coefficient (Wildman–Crippen LogP) is 4.47. The second-order valence-electron chi connectivity index (χ2n) is 5.68. The number of halogens is 3. The molecule has 0 aliphatic heterocycles. The van der Waals surface area contributed by atoms with E-state index in [1.807, 2.05) is 5.38 Å². The number of nitrogens with one attached hydrogen (secondary N) is 1. The number of aromatic nitrogens is 2. The summed E-state index contributed by atoms with van der Waals surface area (Å²) in [5.41, 5.74) is 0.508. The van der Waals surface area contributed by atoms with Crippen molar-refractivity contribution in [2.45, 2.75) is 38.9 Å². The van der Waals surface area contributed by atoms with Gasteiger partial charge in [0.2, 0.25) is 0 Å². The zero-order valence-corrected chi connectivity index (χ0v) is 12.8. The summed E-state index contributed by atoms with van der Waals surface area (Å²) in [5.74, 6) is 0. The van der Waals surface area contributed by atoms with Gasteiger partial charge in [0, 0.05) is 10.8 Å². The van der Waals surface area contributed by atoms with Gasteiger partial charge in [-0.1, -0.05) is 20.8 Å². The first-order valence-corrected chi connectivity index (χ1v) is 7.26. The molecule has 0 saturated carbocycles. The Bertz CT molecular complexity index is 597. The fraction of sp³-hybridized carbons (Fsp3) is 0.429. The average molecular weight is 315 g/mol. The summed E-state index contributed by atoms with van der Waals surface area (Å²) in [6.07, 6.45) is -3.23. The van der Waals surface area contributed by atoms with Gasteiger partial charge in [0.15, 0.2) is 0 Å². The number of pyridine rings is 1. The standard InChI is InChI=1S/C14H16F3N3S/c1-13(2,3)12-20-10(8-21-12)7-18-9-4-5-11(19-6-9)14(15,16)17/h4-6,8,18H,7H2,1-3H3. The first-order valence-electron chi connectivity index (χ1n) is 6.38. The Labute approximate surface area is 125 Å². The number of alkyl halides is 3. The maximum atomic E-state index is 12.4. The van der Waals surface area contributed by atoms with Crippen molar-refractivity contribution in [3.63, 3.8) is 0 Å². The molecule has 0 aromatic carbocycles. The van der Waals surface area contributed by atoms with Gasteiger partial charge in [0.1, 0.15) is 5.69 Å². The zero-order valence-electron chi connectivity index (χ0n) is 12.0. The van der Waals surface area contributed by atoms with Crippen molar-refractivity contribution >= 4 is 17.0 Å². The highest BCUT2D eigenvalue weighted by Gasteiger charge is 2.32. The van der Waals surface area contributed by atoms with Gasteiger partial charge in [-0.15, -0.1) is 11.3 Å². The SMILES string of the molecule is CC(C)(C)c1nc(CNc2ccc(C(F)(F)F)nc2)cs1. The van der Waals surface area contributed by atoms with E-state index in [0.29, 0.717) is 12.2 Å². The predicted molar refractivity (Wildman–Crippen MR) is 77.4 cm³/mol. The van der Waals surface area contributed by atoms with Gasteiger partial charge in [-0.05, 0) is 12.1 Å². The second kappa shape index (κ2) is 5.63. The van der Waals surface area contributed by atoms with Crippen molar-refractivity contribution in [1.82, 2.24) is 9.97 Å². The van der Waals surface area contributed by atoms with Crippen LogP contribution in [0.2, 0.25) is 0 Å². The molecule has 1 N–H and O–H groups in total. The van der Waals surface area contributed by atoms with E-state index >= 15 is 0 Å². The van der Waals surface area contributed by atoms with Gasteiger partial charge >= 0.3 is 6.18 Å². The molecule has 21 heavy (non-hydrogen) atoms. The van der Waals surface area contributed by atoms with Crippen LogP contribution in [0.4, 0.5) is 18.9 Å². The van der Waals surface area contributed by atoms with E-state index in [4.69, 9.17) is 0 Å². The van der Waals surface area contributed by atoms with E-state index in [9.17, 15) is 13.2 Å². The number of hydrogen-bond acceptors (Lipinski definition) is 4. The lowest BCUT2D eigenvalue weighted by atomic mass is 9.98. The summed E-state index contributed by atoms with van der Waals surface area (Å²) >= 11 is 1.58. The largest absolute Gasteiger partial charge is 0.433 e. The molecule has 0 unspecified atom stereocenters. The van der Waals surface area contributed by atoms with Crippen molar-refractivity contribution in [2.24, 2.45) is 0 Å². The van der Waals surface area contributed by atoms with E-state index in [-0.39, 0.29) is 5.41 Å². The lowest BCUT2D eigenvalue weighted by Crippen LogP contribution is -2.11. The van der Waals surface area contributed by atoms with Crippen LogP contribution in [-0.2, 0) is 18.1 Å². The molecule has 0 amide bonds. The van der Waals surface area contributed by atoms with E-state index in [2.05, 4.69) is 36.1 Å². The molecule has 0 bridgehead atoms. The summed E-state index contributed by atoms with van der Waals surface area (Å²) in [5, 5.41) is 6.00. The normalized spacial score (nSPS) is 12.5. The molecule has 7 heteroatoms. The molecule has 0 spiro atoms. The smallest absolute Gasteiger partial charge is 0.378 e. The summed E-state index contributed by atoms with van der Waals surface area (Å²) in [7, 11) is 0. The molecule has 2 rings (SSSR count). The summed E-state index contributed by atoms with van der Waals surface area (Å²) < 4.78 is 37.2. The van der Waals surface area contributed by atoms with Crippen LogP contribution >= 0.6 is 11.3 Å². The molecule has 0 aliphatic rings. The van der Waals surface area contributed by atoms with Crippen molar-refractivity contribution in [3.8, 4) is 0 Å². The summed E-state index contributed by atoms with van der Waals surface area (Å²) in [6.45, 7) is 6.72. The van der Waals surface area contributed by atoms with Crippen LogP contribution in [0.1, 0.15) is 37.2 Å². The van der Waals surface area contributed by atoms with E-state index < -0.39 is 11.9 Å². The second-order valence-corrected chi connectivity index (χ2v) is 6.54. The number of nitrogens with zero attached hydrogens (tertiary/aromatic N) is 2. The molecule has 2 aromatic rings. The minimum atomic E-state index is -4.41. The summed E-state index contributed by atoms with van der Waals surface area (Å²) in [6, 6.07) is 2.33. The maximum absolute atomic E-state index is 12.4. The number of thiazole rings is 1. The fourth-order valence-electron chi connectivity index (χ4n) is 1.59. The Morgan fingerprint density at radius 3 is 2.38 bits per heavy atom. The van der Waals surface area contributed by atoms with E-state index in [1.165, 1.54) is 12.3 Å². The number of rotatable bonds is 3. The maximum Gasteiger partial charge on any atom is 0.433 e.